The molecule has 1 aromatic rings. The first-order chi connectivity index (χ1) is 9.41. The number of nitrogen functional groups attached to an aromatic ring is 1. The zero-order valence-corrected chi connectivity index (χ0v) is 14.2. The van der Waals surface area contributed by atoms with Crippen LogP contribution in [-0.2, 0) is 10.0 Å². The van der Waals surface area contributed by atoms with Gasteiger partial charge in [-0.2, -0.15) is 0 Å². The fourth-order valence-electron chi connectivity index (χ4n) is 1.67. The van der Waals surface area contributed by atoms with E-state index < -0.39 is 27.3 Å². The Labute approximate surface area is 131 Å². The van der Waals surface area contributed by atoms with Gasteiger partial charge in [0.2, 0.25) is 10.0 Å². The molecule has 0 saturated heterocycles. The van der Waals surface area contributed by atoms with Crippen molar-refractivity contribution in [3.8, 4) is 0 Å². The van der Waals surface area contributed by atoms with Crippen molar-refractivity contribution in [3.63, 3.8) is 0 Å². The summed E-state index contributed by atoms with van der Waals surface area (Å²) in [5.74, 6) is -1.12. The minimum Gasteiger partial charge on any atom is -0.396 e. The van der Waals surface area contributed by atoms with Crippen LogP contribution >= 0.6 is 15.9 Å². The van der Waals surface area contributed by atoms with Crippen LogP contribution in [0.1, 0.15) is 24.2 Å². The average Bonchev–Trinajstić information content (AvgIpc) is 2.28. The normalized spacial score (nSPS) is 12.2. The summed E-state index contributed by atoms with van der Waals surface area (Å²) in [4.78, 5) is 12.0. The van der Waals surface area contributed by atoms with E-state index in [9.17, 15) is 17.6 Å². The van der Waals surface area contributed by atoms with Gasteiger partial charge in [-0.05, 0) is 41.9 Å². The molecule has 1 aromatic carbocycles. The molecule has 0 spiro atoms. The molecule has 0 aliphatic carbocycles. The molecule has 4 N–H and O–H groups in total. The Hall–Kier alpha value is -1.19. The van der Waals surface area contributed by atoms with Crippen molar-refractivity contribution in [2.24, 2.45) is 0 Å². The molecule has 6 nitrogen and oxygen atoms in total. The van der Waals surface area contributed by atoms with Crippen LogP contribution in [0.15, 0.2) is 16.6 Å². The van der Waals surface area contributed by atoms with Crippen LogP contribution in [0.2, 0.25) is 0 Å². The van der Waals surface area contributed by atoms with Gasteiger partial charge < -0.3 is 11.1 Å². The lowest BCUT2D eigenvalue weighted by molar-refractivity contribution is 0.0943. The number of amides is 1. The minimum absolute atomic E-state index is 0.0582. The van der Waals surface area contributed by atoms with Crippen LogP contribution < -0.4 is 15.8 Å². The number of benzene rings is 1. The third-order valence-electron chi connectivity index (χ3n) is 2.48. The number of nitrogens with one attached hydrogen (secondary N) is 2. The summed E-state index contributed by atoms with van der Waals surface area (Å²) in [6, 6.07) is 2.32. The number of nitrogens with two attached hydrogens (primary N) is 1. The molecule has 1 rings (SSSR count). The number of carbonyl (C=O) groups is 1. The smallest absolute Gasteiger partial charge is 0.252 e. The summed E-state index contributed by atoms with van der Waals surface area (Å²) in [6.07, 6.45) is 1.04. The van der Waals surface area contributed by atoms with E-state index in [1.54, 1.807) is 13.8 Å². The predicted octanol–water partition coefficient (Wildman–Crippen LogP) is 1.23. The Kier molecular flexibility index (Phi) is 5.35. The maximum Gasteiger partial charge on any atom is 0.252 e. The zero-order chi connectivity index (χ0) is 16.4. The molecule has 118 valence electrons. The number of halogens is 2. The number of hydrogen-bond donors (Lipinski definition) is 3. The zero-order valence-electron chi connectivity index (χ0n) is 11.8. The maximum atomic E-state index is 13.2. The Morgan fingerprint density at radius 2 is 2.00 bits per heavy atom. The van der Waals surface area contributed by atoms with E-state index in [0.717, 1.165) is 12.3 Å². The van der Waals surface area contributed by atoms with Crippen molar-refractivity contribution >= 4 is 37.5 Å². The van der Waals surface area contributed by atoms with Crippen molar-refractivity contribution in [3.05, 3.63) is 28.0 Å². The van der Waals surface area contributed by atoms with E-state index in [1.165, 1.54) is 6.07 Å². The van der Waals surface area contributed by atoms with Crippen molar-refractivity contribution in [1.29, 1.82) is 0 Å². The van der Waals surface area contributed by atoms with Crippen molar-refractivity contribution in [2.75, 3.05) is 18.5 Å². The third kappa shape index (κ3) is 5.60. The highest BCUT2D eigenvalue weighted by Crippen LogP contribution is 2.22. The molecule has 0 aliphatic heterocycles. The molecule has 0 radical (unpaired) electrons. The lowest BCUT2D eigenvalue weighted by atomic mass is 10.1. The number of sulfonamides is 1. The van der Waals surface area contributed by atoms with E-state index in [1.807, 2.05) is 0 Å². The summed E-state index contributed by atoms with van der Waals surface area (Å²) in [5.41, 5.74) is 4.59. The highest BCUT2D eigenvalue weighted by molar-refractivity contribution is 9.10. The molecule has 0 aliphatic rings. The van der Waals surface area contributed by atoms with Gasteiger partial charge in [0.15, 0.2) is 0 Å². The number of rotatable bonds is 5. The summed E-state index contributed by atoms with van der Waals surface area (Å²) in [7, 11) is -3.39. The van der Waals surface area contributed by atoms with Gasteiger partial charge in [-0.25, -0.2) is 17.5 Å². The van der Waals surface area contributed by atoms with Crippen LogP contribution in [-0.4, -0.2) is 32.7 Å². The highest BCUT2D eigenvalue weighted by Gasteiger charge is 2.23. The van der Waals surface area contributed by atoms with Crippen LogP contribution in [0.5, 0.6) is 0 Å². The van der Waals surface area contributed by atoms with Crippen molar-refractivity contribution in [1.82, 2.24) is 10.0 Å². The Balaban J connectivity index is 2.81. The summed E-state index contributed by atoms with van der Waals surface area (Å²) >= 11 is 3.08. The SMILES string of the molecule is CC(C)(CNC(=O)c1cc(N)c(F)cc1Br)NS(C)(=O)=O. The fourth-order valence-corrected chi connectivity index (χ4v) is 3.25. The van der Waals surface area contributed by atoms with Crippen LogP contribution in [0, 0.1) is 5.82 Å². The topological polar surface area (TPSA) is 101 Å². The third-order valence-corrected chi connectivity index (χ3v) is 4.06. The van der Waals surface area contributed by atoms with E-state index >= 15 is 0 Å². The molecule has 0 aromatic heterocycles. The van der Waals surface area contributed by atoms with E-state index in [0.29, 0.717) is 0 Å². The second-order valence-corrected chi connectivity index (χ2v) is 7.90. The minimum atomic E-state index is -3.39. The molecule has 0 heterocycles. The molecule has 0 fully saturated rings. The maximum absolute atomic E-state index is 13.2. The van der Waals surface area contributed by atoms with Crippen LogP contribution in [0.3, 0.4) is 0 Å². The Morgan fingerprint density at radius 1 is 1.43 bits per heavy atom. The first kappa shape index (κ1) is 17.9. The second-order valence-electron chi connectivity index (χ2n) is 5.29. The average molecular weight is 382 g/mol. The molecule has 1 amide bonds. The second kappa shape index (κ2) is 6.29. The highest BCUT2D eigenvalue weighted by atomic mass is 79.9. The Morgan fingerprint density at radius 3 is 2.52 bits per heavy atom. The lowest BCUT2D eigenvalue weighted by Gasteiger charge is -2.25. The quantitative estimate of drug-likeness (QED) is 0.667. The fraction of sp³-hybridized carbons (Fsp3) is 0.417. The van der Waals surface area contributed by atoms with Crippen molar-refractivity contribution < 1.29 is 17.6 Å². The van der Waals surface area contributed by atoms with E-state index in [4.69, 9.17) is 5.73 Å². The molecule has 0 unspecified atom stereocenters. The van der Waals surface area contributed by atoms with Gasteiger partial charge in [0.05, 0.1) is 17.5 Å². The van der Waals surface area contributed by atoms with Crippen LogP contribution in [0.4, 0.5) is 10.1 Å². The number of anilines is 1. The summed E-state index contributed by atoms with van der Waals surface area (Å²) in [6.45, 7) is 3.31. The molecule has 9 heteroatoms. The van der Waals surface area contributed by atoms with Gasteiger partial charge in [0, 0.05) is 16.6 Å². The van der Waals surface area contributed by atoms with Gasteiger partial charge in [-0.3, -0.25) is 4.79 Å². The number of carbonyl (C=O) groups excluding carboxylic acids is 1. The monoisotopic (exact) mass is 381 g/mol. The summed E-state index contributed by atoms with van der Waals surface area (Å²) in [5, 5.41) is 2.58. The molecule has 0 bridgehead atoms. The predicted molar refractivity (Wildman–Crippen MR) is 82.9 cm³/mol. The van der Waals surface area contributed by atoms with Gasteiger partial charge in [-0.1, -0.05) is 0 Å². The molecule has 0 atom stereocenters. The Bertz CT molecular complexity index is 662. The van der Waals surface area contributed by atoms with Gasteiger partial charge in [0.1, 0.15) is 5.82 Å². The standard InChI is InChI=1S/C12H17BrFN3O3S/c1-12(2,17-21(3,19)20)6-16-11(18)7-4-10(15)9(14)5-8(7)13/h4-5,17H,6,15H2,1-3H3,(H,16,18). The first-order valence-corrected chi connectivity index (χ1v) is 8.61. The molecule has 21 heavy (non-hydrogen) atoms. The molecule has 0 saturated carbocycles. The summed E-state index contributed by atoms with van der Waals surface area (Å²) < 4.78 is 38.3. The largest absolute Gasteiger partial charge is 0.396 e. The van der Waals surface area contributed by atoms with Gasteiger partial charge in [-0.15, -0.1) is 0 Å². The van der Waals surface area contributed by atoms with Crippen LogP contribution in [0.25, 0.3) is 0 Å². The first-order valence-electron chi connectivity index (χ1n) is 5.93. The molecular formula is C12H17BrFN3O3S. The van der Waals surface area contributed by atoms with Gasteiger partial charge in [0.25, 0.3) is 5.91 Å². The van der Waals surface area contributed by atoms with Crippen molar-refractivity contribution in [2.45, 2.75) is 19.4 Å². The van der Waals surface area contributed by atoms with Gasteiger partial charge >= 0.3 is 0 Å². The molecular weight excluding hydrogens is 365 g/mol. The van der Waals surface area contributed by atoms with E-state index in [2.05, 4.69) is 26.0 Å². The lowest BCUT2D eigenvalue weighted by Crippen LogP contribution is -2.51. The number of hydrogen-bond acceptors (Lipinski definition) is 4. The van der Waals surface area contributed by atoms with E-state index in [-0.39, 0.29) is 22.3 Å².